The summed E-state index contributed by atoms with van der Waals surface area (Å²) < 4.78 is 0. The lowest BCUT2D eigenvalue weighted by Gasteiger charge is -2.42. The largest absolute Gasteiger partial charge is 0.392 e. The lowest BCUT2D eigenvalue weighted by Crippen LogP contribution is -2.54. The summed E-state index contributed by atoms with van der Waals surface area (Å²) in [4.78, 5) is 17.6. The van der Waals surface area contributed by atoms with Gasteiger partial charge in [0.25, 0.3) is 0 Å². The molecule has 5 heteroatoms. The summed E-state index contributed by atoms with van der Waals surface area (Å²) in [5.41, 5.74) is 5.42. The fourth-order valence-corrected chi connectivity index (χ4v) is 3.90. The molecular weight excluding hydrogens is 270 g/mol. The molecule has 1 aliphatic carbocycles. The van der Waals surface area contributed by atoms with Crippen LogP contribution in [0.2, 0.25) is 0 Å². The first kappa shape index (κ1) is 15.7. The summed E-state index contributed by atoms with van der Waals surface area (Å²) in [6.45, 7) is 1.68. The highest BCUT2D eigenvalue weighted by Gasteiger charge is 2.45. The van der Waals surface area contributed by atoms with Gasteiger partial charge in [0.05, 0.1) is 10.4 Å². The molecule has 1 amide bonds. The zero-order valence-corrected chi connectivity index (χ0v) is 13.5. The Hall–Kier alpha value is -0.680. The Morgan fingerprint density at radius 2 is 1.75 bits per heavy atom. The molecule has 2 aliphatic rings. The molecule has 2 N–H and O–H groups in total. The summed E-state index contributed by atoms with van der Waals surface area (Å²) in [5, 5.41) is 0. The lowest BCUT2D eigenvalue weighted by atomic mass is 9.72. The molecule has 0 radical (unpaired) electrons. The van der Waals surface area contributed by atoms with Crippen LogP contribution in [0, 0.1) is 5.41 Å². The van der Waals surface area contributed by atoms with Crippen molar-refractivity contribution in [2.75, 3.05) is 27.2 Å². The Morgan fingerprint density at radius 1 is 1.20 bits per heavy atom. The Labute approximate surface area is 127 Å². The van der Waals surface area contributed by atoms with Crippen LogP contribution in [0.25, 0.3) is 0 Å². The van der Waals surface area contributed by atoms with E-state index in [0.29, 0.717) is 11.0 Å². The normalized spacial score (nSPS) is 23.9. The van der Waals surface area contributed by atoms with Crippen LogP contribution in [-0.2, 0) is 4.79 Å². The third kappa shape index (κ3) is 2.98. The number of nitrogens with zero attached hydrogens (tertiary/aromatic N) is 2. The molecule has 0 aromatic carbocycles. The Kier molecular flexibility index (Phi) is 5.02. The van der Waals surface area contributed by atoms with Crippen LogP contribution >= 0.6 is 12.2 Å². The van der Waals surface area contributed by atoms with E-state index in [1.54, 1.807) is 0 Å². The van der Waals surface area contributed by atoms with Crippen LogP contribution in [0.5, 0.6) is 0 Å². The number of carbonyl (C=O) groups excluding carboxylic acids is 1. The van der Waals surface area contributed by atoms with Crippen LogP contribution in [-0.4, -0.2) is 53.9 Å². The van der Waals surface area contributed by atoms with E-state index >= 15 is 0 Å². The van der Waals surface area contributed by atoms with Gasteiger partial charge in [-0.15, -0.1) is 0 Å². The van der Waals surface area contributed by atoms with Gasteiger partial charge in [-0.05, 0) is 39.8 Å². The summed E-state index contributed by atoms with van der Waals surface area (Å²) in [6.07, 6.45) is 7.11. The predicted octanol–water partition coefficient (Wildman–Crippen LogP) is 1.78. The molecule has 1 saturated heterocycles. The molecule has 0 spiro atoms. The summed E-state index contributed by atoms with van der Waals surface area (Å²) in [6, 6.07) is 0.589. The number of likely N-dealkylation sites (tertiary alicyclic amines) is 1. The maximum absolute atomic E-state index is 12.9. The van der Waals surface area contributed by atoms with Gasteiger partial charge in [0, 0.05) is 19.1 Å². The molecule has 0 atom stereocenters. The number of thiocarbonyl (C=S) groups is 1. The van der Waals surface area contributed by atoms with E-state index in [2.05, 4.69) is 19.0 Å². The van der Waals surface area contributed by atoms with E-state index in [4.69, 9.17) is 18.0 Å². The van der Waals surface area contributed by atoms with Gasteiger partial charge in [-0.25, -0.2) is 0 Å². The molecule has 1 aliphatic heterocycles. The number of piperidine rings is 1. The lowest BCUT2D eigenvalue weighted by molar-refractivity contribution is -0.141. The van der Waals surface area contributed by atoms with Gasteiger partial charge >= 0.3 is 0 Å². The number of hydrogen-bond donors (Lipinski definition) is 1. The minimum absolute atomic E-state index is 0.196. The first-order valence-electron chi connectivity index (χ1n) is 7.73. The van der Waals surface area contributed by atoms with Gasteiger partial charge in [0.2, 0.25) is 5.91 Å². The third-order valence-electron chi connectivity index (χ3n) is 5.07. The molecular formula is C15H27N3OS. The number of hydrogen-bond acceptors (Lipinski definition) is 3. The second-order valence-corrected chi connectivity index (χ2v) is 6.93. The van der Waals surface area contributed by atoms with Crippen LogP contribution in [0.3, 0.4) is 0 Å². The molecule has 0 bridgehead atoms. The van der Waals surface area contributed by atoms with Crippen LogP contribution < -0.4 is 5.73 Å². The topological polar surface area (TPSA) is 49.6 Å². The monoisotopic (exact) mass is 297 g/mol. The van der Waals surface area contributed by atoms with Gasteiger partial charge < -0.3 is 15.5 Å². The first-order chi connectivity index (χ1) is 9.47. The van der Waals surface area contributed by atoms with Gasteiger partial charge in [0.1, 0.15) is 0 Å². The molecule has 20 heavy (non-hydrogen) atoms. The fourth-order valence-electron chi connectivity index (χ4n) is 3.61. The van der Waals surface area contributed by atoms with Gasteiger partial charge in [-0.3, -0.25) is 4.79 Å². The molecule has 1 saturated carbocycles. The van der Waals surface area contributed by atoms with E-state index in [1.165, 1.54) is 6.42 Å². The molecule has 2 rings (SSSR count). The number of carbonyl (C=O) groups is 1. The van der Waals surface area contributed by atoms with Crippen LogP contribution in [0.15, 0.2) is 0 Å². The van der Waals surface area contributed by atoms with E-state index < -0.39 is 5.41 Å². The molecule has 0 aromatic heterocycles. The van der Waals surface area contributed by atoms with Crippen molar-refractivity contribution in [1.82, 2.24) is 9.80 Å². The quantitative estimate of drug-likeness (QED) is 0.807. The molecule has 0 unspecified atom stereocenters. The maximum atomic E-state index is 12.9. The third-order valence-corrected chi connectivity index (χ3v) is 5.46. The average Bonchev–Trinajstić information content (AvgIpc) is 2.47. The van der Waals surface area contributed by atoms with Crippen molar-refractivity contribution in [3.63, 3.8) is 0 Å². The van der Waals surface area contributed by atoms with Gasteiger partial charge in [0.15, 0.2) is 0 Å². The maximum Gasteiger partial charge on any atom is 0.235 e. The fraction of sp³-hybridized carbons (Fsp3) is 0.867. The van der Waals surface area contributed by atoms with E-state index in [1.807, 2.05) is 4.90 Å². The summed E-state index contributed by atoms with van der Waals surface area (Å²) in [5.74, 6) is 0.196. The standard InChI is InChI=1S/C15H27N3OS/c1-17(2)12-6-10-18(11-7-12)14(19)15(13(16)20)8-4-3-5-9-15/h12H,3-11H2,1-2H3,(H2,16,20). The molecule has 4 nitrogen and oxygen atoms in total. The number of amides is 1. The Morgan fingerprint density at radius 3 is 2.20 bits per heavy atom. The molecule has 114 valence electrons. The first-order valence-corrected chi connectivity index (χ1v) is 8.14. The Balaban J connectivity index is 2.04. The molecule has 1 heterocycles. The molecule has 2 fully saturated rings. The predicted molar refractivity (Wildman–Crippen MR) is 85.6 cm³/mol. The summed E-state index contributed by atoms with van der Waals surface area (Å²) >= 11 is 5.26. The average molecular weight is 297 g/mol. The van der Waals surface area contributed by atoms with Crippen molar-refractivity contribution >= 4 is 23.1 Å². The SMILES string of the molecule is CN(C)C1CCN(C(=O)C2(C(N)=S)CCCCC2)CC1. The van der Waals surface area contributed by atoms with Crippen molar-refractivity contribution in [3.8, 4) is 0 Å². The molecule has 0 aromatic rings. The van der Waals surface area contributed by atoms with Crippen LogP contribution in [0.1, 0.15) is 44.9 Å². The highest BCUT2D eigenvalue weighted by Crippen LogP contribution is 2.39. The minimum atomic E-state index is -0.543. The van der Waals surface area contributed by atoms with Crippen molar-refractivity contribution in [2.45, 2.75) is 51.0 Å². The second-order valence-electron chi connectivity index (χ2n) is 6.49. The number of nitrogens with two attached hydrogens (primary N) is 1. The van der Waals surface area contributed by atoms with E-state index in [0.717, 1.165) is 51.6 Å². The van der Waals surface area contributed by atoms with E-state index in [-0.39, 0.29) is 5.91 Å². The van der Waals surface area contributed by atoms with Gasteiger partial charge in [-0.1, -0.05) is 31.5 Å². The van der Waals surface area contributed by atoms with E-state index in [9.17, 15) is 4.79 Å². The van der Waals surface area contributed by atoms with Crippen molar-refractivity contribution < 1.29 is 4.79 Å². The number of rotatable bonds is 3. The smallest absolute Gasteiger partial charge is 0.235 e. The second kappa shape index (κ2) is 6.39. The minimum Gasteiger partial charge on any atom is -0.392 e. The zero-order chi connectivity index (χ0) is 14.8. The van der Waals surface area contributed by atoms with Gasteiger partial charge in [-0.2, -0.15) is 0 Å². The van der Waals surface area contributed by atoms with Crippen LogP contribution in [0.4, 0.5) is 0 Å². The van der Waals surface area contributed by atoms with Crippen molar-refractivity contribution in [3.05, 3.63) is 0 Å². The highest BCUT2D eigenvalue weighted by molar-refractivity contribution is 7.80. The summed E-state index contributed by atoms with van der Waals surface area (Å²) in [7, 11) is 4.22. The Bertz CT molecular complexity index is 369. The zero-order valence-electron chi connectivity index (χ0n) is 12.7. The van der Waals surface area contributed by atoms with Crippen molar-refractivity contribution in [1.29, 1.82) is 0 Å². The van der Waals surface area contributed by atoms with Crippen molar-refractivity contribution in [2.24, 2.45) is 11.1 Å². The highest BCUT2D eigenvalue weighted by atomic mass is 32.1.